The summed E-state index contributed by atoms with van der Waals surface area (Å²) >= 11 is 5.12. The van der Waals surface area contributed by atoms with Crippen LogP contribution < -0.4 is 5.32 Å². The van der Waals surface area contributed by atoms with Crippen LogP contribution in [0, 0.1) is 0 Å². The molecule has 1 aromatic rings. The van der Waals surface area contributed by atoms with Gasteiger partial charge in [0.05, 0.1) is 4.90 Å². The number of benzene rings is 1. The van der Waals surface area contributed by atoms with Crippen LogP contribution in [0.1, 0.15) is 17.3 Å². The number of carbonyl (C=O) groups is 1. The molecule has 2 rings (SSSR count). The quantitative estimate of drug-likeness (QED) is 0.819. The summed E-state index contributed by atoms with van der Waals surface area (Å²) in [5, 5.41) is 2.85. The zero-order valence-electron chi connectivity index (χ0n) is 10.6. The molecule has 0 amide bonds. The number of hydrogen-bond acceptors (Lipinski definition) is 4. The van der Waals surface area contributed by atoms with E-state index in [1.165, 1.54) is 19.2 Å². The molecule has 1 heterocycles. The van der Waals surface area contributed by atoms with Gasteiger partial charge in [0, 0.05) is 19.2 Å². The third-order valence-corrected chi connectivity index (χ3v) is 5.27. The molecule has 0 spiro atoms. The van der Waals surface area contributed by atoms with Crippen LogP contribution in [0.25, 0.3) is 0 Å². The number of fused-ring (bicyclic) bond motifs is 1. The Hall–Kier alpha value is -1.31. The summed E-state index contributed by atoms with van der Waals surface area (Å²) in [5.41, 5.74) is 0.200. The fourth-order valence-corrected chi connectivity index (χ4v) is 4.02. The summed E-state index contributed by atoms with van der Waals surface area (Å²) in [4.78, 5) is 12.7. The molecule has 1 aliphatic heterocycles. The second-order valence-electron chi connectivity index (χ2n) is 4.18. The first-order valence-electron chi connectivity index (χ1n) is 5.80. The molecule has 102 valence electrons. The number of sulfonamides is 1. The Bertz CT molecular complexity index is 640. The molecule has 1 N–H and O–H groups in total. The van der Waals surface area contributed by atoms with E-state index in [2.05, 4.69) is 5.32 Å². The van der Waals surface area contributed by atoms with Gasteiger partial charge in [-0.25, -0.2) is 8.42 Å². The summed E-state index contributed by atoms with van der Waals surface area (Å²) in [6, 6.07) is 5.23. The van der Waals surface area contributed by atoms with Gasteiger partial charge in [0.2, 0.25) is 10.0 Å². The van der Waals surface area contributed by atoms with Gasteiger partial charge in [0.25, 0.3) is 0 Å². The van der Waals surface area contributed by atoms with Crippen molar-refractivity contribution in [2.24, 2.45) is 0 Å². The lowest BCUT2D eigenvalue weighted by Crippen LogP contribution is -2.54. The van der Waals surface area contributed by atoms with E-state index in [1.54, 1.807) is 12.1 Å². The van der Waals surface area contributed by atoms with Gasteiger partial charge in [-0.3, -0.25) is 4.79 Å². The third-order valence-electron chi connectivity index (χ3n) is 3.02. The van der Waals surface area contributed by atoms with Crippen LogP contribution in [-0.2, 0) is 10.0 Å². The van der Waals surface area contributed by atoms with Crippen molar-refractivity contribution in [3.63, 3.8) is 0 Å². The van der Waals surface area contributed by atoms with E-state index in [9.17, 15) is 13.2 Å². The third kappa shape index (κ3) is 2.18. The van der Waals surface area contributed by atoms with E-state index in [1.807, 2.05) is 6.92 Å². The number of rotatable bonds is 2. The normalized spacial score (nSPS) is 21.8. The zero-order valence-corrected chi connectivity index (χ0v) is 12.2. The van der Waals surface area contributed by atoms with E-state index in [-0.39, 0.29) is 21.2 Å². The summed E-state index contributed by atoms with van der Waals surface area (Å²) in [6.45, 7) is 2.38. The van der Waals surface area contributed by atoms with Gasteiger partial charge < -0.3 is 5.32 Å². The van der Waals surface area contributed by atoms with Gasteiger partial charge in [-0.1, -0.05) is 24.4 Å². The molecule has 0 aromatic heterocycles. The van der Waals surface area contributed by atoms with Crippen LogP contribution >= 0.6 is 12.2 Å². The van der Waals surface area contributed by atoms with Gasteiger partial charge in [-0.15, -0.1) is 0 Å². The lowest BCUT2D eigenvalue weighted by atomic mass is 10.0. The van der Waals surface area contributed by atoms with Crippen LogP contribution in [0.3, 0.4) is 0 Å². The van der Waals surface area contributed by atoms with Crippen molar-refractivity contribution in [3.05, 3.63) is 29.8 Å². The first-order chi connectivity index (χ1) is 8.91. The highest BCUT2D eigenvalue weighted by Crippen LogP contribution is 2.28. The molecule has 7 heteroatoms. The Morgan fingerprint density at radius 2 is 2.05 bits per heavy atom. The van der Waals surface area contributed by atoms with Gasteiger partial charge in [-0.05, 0) is 19.1 Å². The molecule has 0 radical (unpaired) electrons. The molecule has 0 fully saturated rings. The van der Waals surface area contributed by atoms with E-state index in [4.69, 9.17) is 12.2 Å². The Labute approximate surface area is 117 Å². The molecule has 1 aromatic carbocycles. The number of thiocarbonyl (C=S) groups is 1. The Kier molecular flexibility index (Phi) is 3.71. The van der Waals surface area contributed by atoms with Gasteiger partial charge in [0.15, 0.2) is 5.78 Å². The molecule has 0 saturated heterocycles. The Balaban J connectivity index is 2.59. The Morgan fingerprint density at radius 3 is 2.68 bits per heavy atom. The molecule has 0 saturated carbocycles. The van der Waals surface area contributed by atoms with E-state index in [0.29, 0.717) is 6.54 Å². The number of likely N-dealkylation sites (N-methyl/N-ethyl adjacent to an activating group) is 2. The highest BCUT2D eigenvalue weighted by molar-refractivity contribution is 7.89. The standard InChI is InChI=1S/C12H14N2O3S2/c1-3-13-12(18)10-11(15)8-6-4-5-7-9(8)19(16,17)14(10)2/h4-7,10H,3H2,1-2H3,(H,13,18). The first kappa shape index (κ1) is 14.1. The van der Waals surface area contributed by atoms with Crippen LogP contribution in [-0.4, -0.2) is 43.1 Å². The number of carbonyl (C=O) groups excluding carboxylic acids is 1. The molecule has 0 aliphatic carbocycles. The molecular weight excluding hydrogens is 284 g/mol. The van der Waals surface area contributed by atoms with Crippen molar-refractivity contribution in [3.8, 4) is 0 Å². The Morgan fingerprint density at radius 1 is 1.42 bits per heavy atom. The predicted molar refractivity (Wildman–Crippen MR) is 75.8 cm³/mol. The highest BCUT2D eigenvalue weighted by atomic mass is 32.2. The molecule has 0 bridgehead atoms. The number of nitrogens with zero attached hydrogens (tertiary/aromatic N) is 1. The number of ketones is 1. The van der Waals surface area contributed by atoms with Crippen LogP contribution in [0.15, 0.2) is 29.2 Å². The molecular formula is C12H14N2O3S2. The molecule has 1 atom stereocenters. The SMILES string of the molecule is CCNC(=S)C1C(=O)c2ccccc2S(=O)(=O)N1C. The van der Waals surface area contributed by atoms with E-state index in [0.717, 1.165) is 4.31 Å². The average molecular weight is 298 g/mol. The second kappa shape index (κ2) is 4.99. The summed E-state index contributed by atoms with van der Waals surface area (Å²) < 4.78 is 25.7. The van der Waals surface area contributed by atoms with Crippen molar-refractivity contribution in [2.75, 3.05) is 13.6 Å². The maximum absolute atomic E-state index is 12.4. The maximum Gasteiger partial charge on any atom is 0.244 e. The molecule has 1 unspecified atom stereocenters. The van der Waals surface area contributed by atoms with Crippen molar-refractivity contribution in [2.45, 2.75) is 17.9 Å². The summed E-state index contributed by atoms with van der Waals surface area (Å²) in [5.74, 6) is -0.293. The van der Waals surface area contributed by atoms with Crippen molar-refractivity contribution in [1.82, 2.24) is 9.62 Å². The lowest BCUT2D eigenvalue weighted by Gasteiger charge is -2.32. The topological polar surface area (TPSA) is 66.5 Å². The van der Waals surface area contributed by atoms with Gasteiger partial charge in [-0.2, -0.15) is 4.31 Å². The zero-order chi connectivity index (χ0) is 14.2. The van der Waals surface area contributed by atoms with Gasteiger partial charge in [0.1, 0.15) is 11.0 Å². The largest absolute Gasteiger partial charge is 0.378 e. The fourth-order valence-electron chi connectivity index (χ4n) is 2.06. The minimum Gasteiger partial charge on any atom is -0.378 e. The lowest BCUT2D eigenvalue weighted by molar-refractivity contribution is 0.0934. The predicted octanol–water partition coefficient (Wildman–Crippen LogP) is 0.809. The van der Waals surface area contributed by atoms with Crippen LogP contribution in [0.4, 0.5) is 0 Å². The molecule has 5 nitrogen and oxygen atoms in total. The maximum atomic E-state index is 12.4. The number of Topliss-reactive ketones (excluding diaryl/α,β-unsaturated/α-hetero) is 1. The molecule has 19 heavy (non-hydrogen) atoms. The smallest absolute Gasteiger partial charge is 0.244 e. The number of hydrogen-bond donors (Lipinski definition) is 1. The van der Waals surface area contributed by atoms with Crippen LogP contribution in [0.5, 0.6) is 0 Å². The minimum absolute atomic E-state index is 0.0399. The fraction of sp³-hybridized carbons (Fsp3) is 0.333. The highest BCUT2D eigenvalue weighted by Gasteiger charge is 2.43. The van der Waals surface area contributed by atoms with Gasteiger partial charge >= 0.3 is 0 Å². The summed E-state index contributed by atoms with van der Waals surface area (Å²) in [7, 11) is -2.31. The monoisotopic (exact) mass is 298 g/mol. The molecule has 1 aliphatic rings. The van der Waals surface area contributed by atoms with Crippen LogP contribution in [0.2, 0.25) is 0 Å². The van der Waals surface area contributed by atoms with Crippen molar-refractivity contribution < 1.29 is 13.2 Å². The average Bonchev–Trinajstić information content (AvgIpc) is 2.37. The van der Waals surface area contributed by atoms with E-state index < -0.39 is 16.1 Å². The van der Waals surface area contributed by atoms with Crippen molar-refractivity contribution >= 4 is 33.0 Å². The minimum atomic E-state index is -3.68. The van der Waals surface area contributed by atoms with Crippen molar-refractivity contribution in [1.29, 1.82) is 0 Å². The second-order valence-corrected chi connectivity index (χ2v) is 6.58. The van der Waals surface area contributed by atoms with E-state index >= 15 is 0 Å². The first-order valence-corrected chi connectivity index (χ1v) is 7.65. The number of nitrogens with one attached hydrogen (secondary N) is 1. The summed E-state index contributed by atoms with van der Waals surface area (Å²) in [6.07, 6.45) is 0.